The fraction of sp³-hybridized carbons (Fsp3) is 0.364. The third kappa shape index (κ3) is 1.81. The van der Waals surface area contributed by atoms with Gasteiger partial charge in [0.1, 0.15) is 12.4 Å². The van der Waals surface area contributed by atoms with Crippen LogP contribution in [0.5, 0.6) is 17.2 Å². The van der Waals surface area contributed by atoms with Crippen LogP contribution in [-0.4, -0.2) is 33.4 Å². The Hall–Kier alpha value is -1.75. The van der Waals surface area contributed by atoms with Crippen LogP contribution in [-0.2, 0) is 4.74 Å². The van der Waals surface area contributed by atoms with Crippen LogP contribution < -0.4 is 14.2 Å². The summed E-state index contributed by atoms with van der Waals surface area (Å²) in [5.41, 5.74) is 0.439. The number of benzene rings is 1. The second-order valence-corrected chi connectivity index (χ2v) is 3.26. The van der Waals surface area contributed by atoms with Crippen LogP contribution >= 0.6 is 0 Å². The Morgan fingerprint density at radius 2 is 2.00 bits per heavy atom. The number of methoxy groups -OCH3 is 2. The molecule has 0 N–H and O–H groups in total. The number of ether oxygens (including phenoxy) is 4. The molecule has 0 aromatic heterocycles. The molecule has 1 aromatic carbocycles. The second-order valence-electron chi connectivity index (χ2n) is 3.26. The van der Waals surface area contributed by atoms with Crippen LogP contribution in [0.4, 0.5) is 0 Å². The van der Waals surface area contributed by atoms with Gasteiger partial charge in [-0.05, 0) is 6.07 Å². The van der Waals surface area contributed by atoms with Crippen molar-refractivity contribution in [1.29, 1.82) is 0 Å². The van der Waals surface area contributed by atoms with Crippen molar-refractivity contribution in [2.75, 3.05) is 27.6 Å². The Labute approximate surface area is 92.9 Å². The maximum atomic E-state index is 11.7. The summed E-state index contributed by atoms with van der Waals surface area (Å²) in [6, 6.07) is 3.26. The first-order chi connectivity index (χ1) is 7.76. The molecule has 0 unspecified atom stereocenters. The standard InChI is InChI=1S/C11H12O5/c1-13-5-8(12)7-3-10-11(16-6-15-10)4-9(7)14-2/h3-4H,5-6H2,1-2H3. The number of hydrogen-bond acceptors (Lipinski definition) is 5. The molecule has 16 heavy (non-hydrogen) atoms. The van der Waals surface area contributed by atoms with Crippen LogP contribution in [0.15, 0.2) is 12.1 Å². The van der Waals surface area contributed by atoms with E-state index in [4.69, 9.17) is 18.9 Å². The number of fused-ring (bicyclic) bond motifs is 1. The Morgan fingerprint density at radius 3 is 2.62 bits per heavy atom. The zero-order valence-electron chi connectivity index (χ0n) is 9.11. The van der Waals surface area contributed by atoms with E-state index in [0.29, 0.717) is 22.8 Å². The van der Waals surface area contributed by atoms with E-state index in [-0.39, 0.29) is 19.2 Å². The van der Waals surface area contributed by atoms with Gasteiger partial charge in [0.15, 0.2) is 17.3 Å². The van der Waals surface area contributed by atoms with Crippen molar-refractivity contribution in [3.8, 4) is 17.2 Å². The molecular weight excluding hydrogens is 212 g/mol. The summed E-state index contributed by atoms with van der Waals surface area (Å²) in [6.45, 7) is 0.177. The molecular formula is C11H12O5. The van der Waals surface area contributed by atoms with Gasteiger partial charge < -0.3 is 18.9 Å². The Balaban J connectivity index is 2.39. The lowest BCUT2D eigenvalue weighted by Crippen LogP contribution is -2.08. The average molecular weight is 224 g/mol. The summed E-state index contributed by atoms with van der Waals surface area (Å²) in [4.78, 5) is 11.7. The van der Waals surface area contributed by atoms with Gasteiger partial charge in [-0.2, -0.15) is 0 Å². The smallest absolute Gasteiger partial charge is 0.231 e. The Morgan fingerprint density at radius 1 is 1.31 bits per heavy atom. The van der Waals surface area contributed by atoms with E-state index >= 15 is 0 Å². The molecule has 0 amide bonds. The number of carbonyl (C=O) groups excluding carboxylic acids is 1. The molecule has 0 saturated carbocycles. The lowest BCUT2D eigenvalue weighted by Gasteiger charge is -2.08. The molecule has 1 aliphatic heterocycles. The van der Waals surface area contributed by atoms with Crippen LogP contribution in [0.2, 0.25) is 0 Å². The predicted octanol–water partition coefficient (Wildman–Crippen LogP) is 1.25. The summed E-state index contributed by atoms with van der Waals surface area (Å²) in [5.74, 6) is 1.45. The van der Waals surface area contributed by atoms with Crippen molar-refractivity contribution < 1.29 is 23.7 Å². The van der Waals surface area contributed by atoms with Crippen molar-refractivity contribution in [2.45, 2.75) is 0 Å². The van der Waals surface area contributed by atoms with Gasteiger partial charge in [-0.1, -0.05) is 0 Å². The molecule has 1 aliphatic rings. The van der Waals surface area contributed by atoms with Crippen molar-refractivity contribution in [2.24, 2.45) is 0 Å². The number of ketones is 1. The molecule has 0 spiro atoms. The monoisotopic (exact) mass is 224 g/mol. The number of carbonyl (C=O) groups is 1. The topological polar surface area (TPSA) is 54.0 Å². The molecule has 2 rings (SSSR count). The zero-order valence-corrected chi connectivity index (χ0v) is 9.11. The second kappa shape index (κ2) is 4.40. The van der Waals surface area contributed by atoms with Gasteiger partial charge >= 0.3 is 0 Å². The van der Waals surface area contributed by atoms with Crippen molar-refractivity contribution in [3.63, 3.8) is 0 Å². The largest absolute Gasteiger partial charge is 0.496 e. The molecule has 0 fully saturated rings. The van der Waals surface area contributed by atoms with Gasteiger partial charge in [0.25, 0.3) is 0 Å². The summed E-state index contributed by atoms with van der Waals surface area (Å²) in [5, 5.41) is 0. The lowest BCUT2D eigenvalue weighted by atomic mass is 10.1. The van der Waals surface area contributed by atoms with E-state index in [1.807, 2.05) is 0 Å². The van der Waals surface area contributed by atoms with Gasteiger partial charge in [0, 0.05) is 13.2 Å². The summed E-state index contributed by atoms with van der Waals surface area (Å²) >= 11 is 0. The summed E-state index contributed by atoms with van der Waals surface area (Å²) in [6.07, 6.45) is 0. The van der Waals surface area contributed by atoms with E-state index in [2.05, 4.69) is 0 Å². The molecule has 0 bridgehead atoms. The molecule has 0 atom stereocenters. The minimum Gasteiger partial charge on any atom is -0.496 e. The third-order valence-corrected chi connectivity index (χ3v) is 2.27. The first-order valence-corrected chi connectivity index (χ1v) is 4.76. The van der Waals surface area contributed by atoms with Crippen LogP contribution in [0.1, 0.15) is 10.4 Å². The van der Waals surface area contributed by atoms with Gasteiger partial charge in [-0.3, -0.25) is 4.79 Å². The molecule has 86 valence electrons. The maximum absolute atomic E-state index is 11.7. The summed E-state index contributed by atoms with van der Waals surface area (Å²) in [7, 11) is 2.97. The van der Waals surface area contributed by atoms with E-state index in [9.17, 15) is 4.79 Å². The predicted molar refractivity (Wildman–Crippen MR) is 55.3 cm³/mol. The zero-order chi connectivity index (χ0) is 11.5. The Bertz CT molecular complexity index is 413. The fourth-order valence-electron chi connectivity index (χ4n) is 1.52. The van der Waals surface area contributed by atoms with E-state index in [0.717, 1.165) is 0 Å². The number of Topliss-reactive ketones (excluding diaryl/α,β-unsaturated/α-hetero) is 1. The van der Waals surface area contributed by atoms with Crippen LogP contribution in [0.3, 0.4) is 0 Å². The molecule has 0 saturated heterocycles. The molecule has 1 heterocycles. The van der Waals surface area contributed by atoms with Crippen LogP contribution in [0, 0.1) is 0 Å². The van der Waals surface area contributed by atoms with Crippen molar-refractivity contribution in [3.05, 3.63) is 17.7 Å². The van der Waals surface area contributed by atoms with Crippen LogP contribution in [0.25, 0.3) is 0 Å². The number of rotatable bonds is 4. The quantitative estimate of drug-likeness (QED) is 0.720. The summed E-state index contributed by atoms with van der Waals surface area (Å²) < 4.78 is 20.3. The molecule has 5 heteroatoms. The molecule has 0 radical (unpaired) electrons. The average Bonchev–Trinajstić information content (AvgIpc) is 2.74. The Kier molecular flexibility index (Phi) is 2.96. The van der Waals surface area contributed by atoms with E-state index < -0.39 is 0 Å². The first-order valence-electron chi connectivity index (χ1n) is 4.76. The normalized spacial score (nSPS) is 12.6. The molecule has 5 nitrogen and oxygen atoms in total. The highest BCUT2D eigenvalue weighted by Crippen LogP contribution is 2.38. The highest BCUT2D eigenvalue weighted by molar-refractivity contribution is 6.00. The lowest BCUT2D eigenvalue weighted by molar-refractivity contribution is 0.0844. The van der Waals surface area contributed by atoms with Gasteiger partial charge in [0.2, 0.25) is 6.79 Å². The molecule has 0 aliphatic carbocycles. The van der Waals surface area contributed by atoms with E-state index in [1.54, 1.807) is 12.1 Å². The van der Waals surface area contributed by atoms with Gasteiger partial charge in [-0.25, -0.2) is 0 Å². The maximum Gasteiger partial charge on any atom is 0.231 e. The highest BCUT2D eigenvalue weighted by atomic mass is 16.7. The fourth-order valence-corrected chi connectivity index (χ4v) is 1.52. The minimum atomic E-state index is -0.155. The SMILES string of the molecule is COCC(=O)c1cc2c(cc1OC)OCO2. The number of hydrogen-bond donors (Lipinski definition) is 0. The highest BCUT2D eigenvalue weighted by Gasteiger charge is 2.21. The van der Waals surface area contributed by atoms with Gasteiger partial charge in [0.05, 0.1) is 12.7 Å². The first kappa shape index (κ1) is 10.8. The van der Waals surface area contributed by atoms with Crippen molar-refractivity contribution in [1.82, 2.24) is 0 Å². The minimum absolute atomic E-state index is 0.00992. The van der Waals surface area contributed by atoms with Crippen molar-refractivity contribution >= 4 is 5.78 Å². The third-order valence-electron chi connectivity index (χ3n) is 2.27. The van der Waals surface area contributed by atoms with Gasteiger partial charge in [-0.15, -0.1) is 0 Å². The molecule has 1 aromatic rings. The van der Waals surface area contributed by atoms with E-state index in [1.165, 1.54) is 14.2 Å².